The average Bonchev–Trinajstić information content (AvgIpc) is 3.04. The Kier molecular flexibility index (Phi) is 3.08. The lowest BCUT2D eigenvalue weighted by atomic mass is 9.77. The molecule has 1 aliphatic heterocycles. The van der Waals surface area contributed by atoms with Crippen molar-refractivity contribution in [3.63, 3.8) is 0 Å². The van der Waals surface area contributed by atoms with E-state index in [1.54, 1.807) is 12.1 Å². The molecule has 0 radical (unpaired) electrons. The number of nitrogens with one attached hydrogen (secondary N) is 1. The molecular formula is C18H17N3O2. The van der Waals surface area contributed by atoms with Gasteiger partial charge in [-0.15, -0.1) is 0 Å². The first kappa shape index (κ1) is 13.8. The SMILES string of the molecule is Nc1ccc2c(c1)[C@H]1C=CC[C@@H]1[C@H](c1ccc([N+](=O)[O-])cc1)N2. The normalized spacial score (nSPS) is 24.6. The number of nitrogens with two attached hydrogens (primary N) is 1. The van der Waals surface area contributed by atoms with Gasteiger partial charge in [-0.05, 0) is 41.7 Å². The Morgan fingerprint density at radius 2 is 1.96 bits per heavy atom. The van der Waals surface area contributed by atoms with E-state index >= 15 is 0 Å². The number of fused-ring (bicyclic) bond motifs is 3. The third-order valence-electron chi connectivity index (χ3n) is 4.85. The van der Waals surface area contributed by atoms with Crippen molar-refractivity contribution in [2.24, 2.45) is 5.92 Å². The summed E-state index contributed by atoms with van der Waals surface area (Å²) >= 11 is 0. The number of non-ortho nitro benzene ring substituents is 1. The van der Waals surface area contributed by atoms with Crippen molar-refractivity contribution in [3.05, 3.63) is 75.9 Å². The van der Waals surface area contributed by atoms with E-state index < -0.39 is 0 Å². The van der Waals surface area contributed by atoms with E-state index in [1.807, 2.05) is 30.3 Å². The molecule has 0 fully saturated rings. The number of hydrogen-bond acceptors (Lipinski definition) is 4. The molecular weight excluding hydrogens is 290 g/mol. The van der Waals surface area contributed by atoms with Crippen molar-refractivity contribution < 1.29 is 4.92 Å². The largest absolute Gasteiger partial charge is 0.399 e. The number of hydrogen-bond donors (Lipinski definition) is 2. The lowest BCUT2D eigenvalue weighted by Crippen LogP contribution is -2.29. The molecule has 3 atom stereocenters. The minimum absolute atomic E-state index is 0.124. The van der Waals surface area contributed by atoms with Crippen LogP contribution in [0.25, 0.3) is 0 Å². The summed E-state index contributed by atoms with van der Waals surface area (Å²) in [6.45, 7) is 0. The monoisotopic (exact) mass is 307 g/mol. The summed E-state index contributed by atoms with van der Waals surface area (Å²) in [7, 11) is 0. The molecule has 2 aliphatic rings. The molecule has 1 aliphatic carbocycles. The van der Waals surface area contributed by atoms with Gasteiger partial charge in [-0.2, -0.15) is 0 Å². The minimum atomic E-state index is -0.365. The molecule has 0 amide bonds. The zero-order chi connectivity index (χ0) is 16.0. The number of nitro groups is 1. The molecule has 3 N–H and O–H groups in total. The first-order valence-corrected chi connectivity index (χ1v) is 7.70. The van der Waals surface area contributed by atoms with Crippen molar-refractivity contribution in [3.8, 4) is 0 Å². The predicted octanol–water partition coefficient (Wildman–Crippen LogP) is 4.00. The second-order valence-corrected chi connectivity index (χ2v) is 6.17. The lowest BCUT2D eigenvalue weighted by molar-refractivity contribution is -0.384. The van der Waals surface area contributed by atoms with Gasteiger partial charge >= 0.3 is 0 Å². The van der Waals surface area contributed by atoms with Crippen molar-refractivity contribution in [1.29, 1.82) is 0 Å². The Bertz CT molecular complexity index is 798. The smallest absolute Gasteiger partial charge is 0.269 e. The fourth-order valence-corrected chi connectivity index (χ4v) is 3.75. The van der Waals surface area contributed by atoms with Gasteiger partial charge in [-0.25, -0.2) is 0 Å². The van der Waals surface area contributed by atoms with E-state index in [4.69, 9.17) is 5.73 Å². The number of nitro benzene ring substituents is 1. The predicted molar refractivity (Wildman–Crippen MR) is 90.3 cm³/mol. The van der Waals surface area contributed by atoms with Crippen LogP contribution in [0.4, 0.5) is 17.1 Å². The quantitative estimate of drug-likeness (QED) is 0.380. The van der Waals surface area contributed by atoms with E-state index in [0.29, 0.717) is 11.8 Å². The van der Waals surface area contributed by atoms with Crippen LogP contribution in [0.1, 0.15) is 29.5 Å². The van der Waals surface area contributed by atoms with E-state index in [0.717, 1.165) is 23.4 Å². The molecule has 0 aromatic heterocycles. The Labute approximate surface area is 134 Å². The molecule has 4 rings (SSSR count). The third kappa shape index (κ3) is 2.25. The molecule has 0 bridgehead atoms. The molecule has 5 heteroatoms. The highest BCUT2D eigenvalue weighted by Crippen LogP contribution is 2.50. The zero-order valence-corrected chi connectivity index (χ0v) is 12.5. The van der Waals surface area contributed by atoms with Crippen LogP contribution in [-0.4, -0.2) is 4.92 Å². The highest BCUT2D eigenvalue weighted by Gasteiger charge is 2.37. The highest BCUT2D eigenvalue weighted by molar-refractivity contribution is 5.64. The summed E-state index contributed by atoms with van der Waals surface area (Å²) in [5, 5.41) is 14.4. The average molecular weight is 307 g/mol. The molecule has 2 aromatic carbocycles. The summed E-state index contributed by atoms with van der Waals surface area (Å²) in [6, 6.07) is 13.0. The molecule has 0 unspecified atom stereocenters. The van der Waals surface area contributed by atoms with Crippen LogP contribution in [0, 0.1) is 16.0 Å². The maximum atomic E-state index is 10.8. The summed E-state index contributed by atoms with van der Waals surface area (Å²) in [5.74, 6) is 0.751. The van der Waals surface area contributed by atoms with E-state index in [1.165, 1.54) is 5.56 Å². The summed E-state index contributed by atoms with van der Waals surface area (Å²) in [5.41, 5.74) is 10.3. The number of nitrogens with zero attached hydrogens (tertiary/aromatic N) is 1. The number of allylic oxidation sites excluding steroid dienone is 2. The number of anilines is 2. The van der Waals surface area contributed by atoms with Gasteiger partial charge in [0.05, 0.1) is 11.0 Å². The summed E-state index contributed by atoms with van der Waals surface area (Å²) in [6.07, 6.45) is 5.46. The Hall–Kier alpha value is -2.82. The van der Waals surface area contributed by atoms with Gasteiger partial charge in [0.25, 0.3) is 5.69 Å². The fraction of sp³-hybridized carbons (Fsp3) is 0.222. The maximum Gasteiger partial charge on any atom is 0.269 e. The van der Waals surface area contributed by atoms with E-state index in [9.17, 15) is 10.1 Å². The van der Waals surface area contributed by atoms with Crippen LogP contribution in [-0.2, 0) is 0 Å². The van der Waals surface area contributed by atoms with Gasteiger partial charge in [0.15, 0.2) is 0 Å². The van der Waals surface area contributed by atoms with Crippen LogP contribution in [0.3, 0.4) is 0 Å². The number of nitrogen functional groups attached to an aromatic ring is 1. The second-order valence-electron chi connectivity index (χ2n) is 6.17. The van der Waals surface area contributed by atoms with Gasteiger partial charge in [0.2, 0.25) is 0 Å². The summed E-state index contributed by atoms with van der Waals surface area (Å²) < 4.78 is 0. The molecule has 0 saturated heterocycles. The first-order valence-electron chi connectivity index (χ1n) is 7.70. The molecule has 0 saturated carbocycles. The van der Waals surface area contributed by atoms with Gasteiger partial charge in [-0.3, -0.25) is 10.1 Å². The number of rotatable bonds is 2. The maximum absolute atomic E-state index is 10.8. The van der Waals surface area contributed by atoms with Crippen molar-refractivity contribution in [2.45, 2.75) is 18.4 Å². The second kappa shape index (κ2) is 5.12. The van der Waals surface area contributed by atoms with Crippen molar-refractivity contribution in [2.75, 3.05) is 11.1 Å². The molecule has 23 heavy (non-hydrogen) atoms. The summed E-state index contributed by atoms with van der Waals surface area (Å²) in [4.78, 5) is 10.5. The van der Waals surface area contributed by atoms with E-state index in [2.05, 4.69) is 17.5 Å². The minimum Gasteiger partial charge on any atom is -0.399 e. The first-order chi connectivity index (χ1) is 11.1. The van der Waals surface area contributed by atoms with Crippen LogP contribution < -0.4 is 11.1 Å². The van der Waals surface area contributed by atoms with Crippen LogP contribution in [0.15, 0.2) is 54.6 Å². The molecule has 1 heterocycles. The Morgan fingerprint density at radius 1 is 1.17 bits per heavy atom. The molecule has 2 aromatic rings. The Morgan fingerprint density at radius 3 is 2.70 bits per heavy atom. The van der Waals surface area contributed by atoms with Gasteiger partial charge in [0, 0.05) is 29.4 Å². The van der Waals surface area contributed by atoms with Crippen LogP contribution >= 0.6 is 0 Å². The zero-order valence-electron chi connectivity index (χ0n) is 12.5. The Balaban J connectivity index is 1.73. The van der Waals surface area contributed by atoms with Crippen molar-refractivity contribution >= 4 is 17.1 Å². The molecule has 5 nitrogen and oxygen atoms in total. The fourth-order valence-electron chi connectivity index (χ4n) is 3.75. The van der Waals surface area contributed by atoms with Gasteiger partial charge in [-0.1, -0.05) is 24.3 Å². The van der Waals surface area contributed by atoms with Gasteiger partial charge in [0.1, 0.15) is 0 Å². The van der Waals surface area contributed by atoms with Gasteiger partial charge < -0.3 is 11.1 Å². The van der Waals surface area contributed by atoms with E-state index in [-0.39, 0.29) is 16.7 Å². The van der Waals surface area contributed by atoms with Crippen molar-refractivity contribution in [1.82, 2.24) is 0 Å². The third-order valence-corrected chi connectivity index (χ3v) is 4.85. The van der Waals surface area contributed by atoms with Crippen LogP contribution in [0.2, 0.25) is 0 Å². The molecule has 116 valence electrons. The topological polar surface area (TPSA) is 81.2 Å². The molecule has 0 spiro atoms. The highest BCUT2D eigenvalue weighted by atomic mass is 16.6. The lowest BCUT2D eigenvalue weighted by Gasteiger charge is -2.37. The standard InChI is InChI=1S/C18H17N3O2/c19-12-6-9-17-16(10-12)14-2-1-3-15(14)18(20-17)11-4-7-13(8-5-11)21(22)23/h1-2,4-10,14-15,18,20H,3,19H2/t14-,15-,18-/m0/s1. The number of benzene rings is 2. The van der Waals surface area contributed by atoms with Crippen LogP contribution in [0.5, 0.6) is 0 Å².